The van der Waals surface area contributed by atoms with Crippen LogP contribution < -0.4 is 10.6 Å². The second-order valence-corrected chi connectivity index (χ2v) is 6.05. The molecule has 0 saturated carbocycles. The number of fused-ring (bicyclic) bond motifs is 1. The van der Waals surface area contributed by atoms with E-state index in [1.54, 1.807) is 22.7 Å². The first-order valence-electron chi connectivity index (χ1n) is 5.61. The molecule has 2 aromatic heterocycles. The van der Waals surface area contributed by atoms with Gasteiger partial charge in [0.25, 0.3) is 0 Å². The van der Waals surface area contributed by atoms with E-state index < -0.39 is 0 Å². The van der Waals surface area contributed by atoms with Gasteiger partial charge in [-0.05, 0) is 23.6 Å². The van der Waals surface area contributed by atoms with E-state index in [9.17, 15) is 0 Å². The molecule has 0 atom stereocenters. The van der Waals surface area contributed by atoms with E-state index in [0.717, 1.165) is 28.1 Å². The number of aromatic nitrogens is 1. The SMILES string of the molecule is CN(Cc1cccs1)c1ccc2scnc2c1N. The predicted molar refractivity (Wildman–Crippen MR) is 80.5 cm³/mol. The van der Waals surface area contributed by atoms with Crippen LogP contribution in [0.15, 0.2) is 35.2 Å². The molecule has 0 fully saturated rings. The average Bonchev–Trinajstić information content (AvgIpc) is 2.99. The Morgan fingerprint density at radius 2 is 2.17 bits per heavy atom. The van der Waals surface area contributed by atoms with Crippen molar-refractivity contribution in [2.75, 3.05) is 17.7 Å². The van der Waals surface area contributed by atoms with Crippen molar-refractivity contribution in [3.05, 3.63) is 40.0 Å². The zero-order valence-corrected chi connectivity index (χ0v) is 11.6. The standard InChI is InChI=1S/C13H13N3S2/c1-16(7-9-3-2-6-17-9)10-4-5-11-13(12(10)14)15-8-18-11/h2-6,8H,7,14H2,1H3. The summed E-state index contributed by atoms with van der Waals surface area (Å²) in [5.41, 5.74) is 10.8. The Morgan fingerprint density at radius 3 is 2.94 bits per heavy atom. The van der Waals surface area contributed by atoms with Gasteiger partial charge in [-0.2, -0.15) is 0 Å². The number of rotatable bonds is 3. The zero-order chi connectivity index (χ0) is 12.5. The van der Waals surface area contributed by atoms with Gasteiger partial charge in [-0.25, -0.2) is 4.98 Å². The van der Waals surface area contributed by atoms with Gasteiger partial charge in [-0.3, -0.25) is 0 Å². The Kier molecular flexibility index (Phi) is 2.93. The van der Waals surface area contributed by atoms with Crippen molar-refractivity contribution < 1.29 is 0 Å². The third kappa shape index (κ3) is 1.95. The van der Waals surface area contributed by atoms with Gasteiger partial charge < -0.3 is 10.6 Å². The fourth-order valence-corrected chi connectivity index (χ4v) is 3.45. The molecular weight excluding hydrogens is 262 g/mol. The highest BCUT2D eigenvalue weighted by Gasteiger charge is 2.11. The quantitative estimate of drug-likeness (QED) is 0.743. The Hall–Kier alpha value is -1.59. The molecule has 0 saturated heterocycles. The molecule has 0 aliphatic carbocycles. The van der Waals surface area contributed by atoms with E-state index in [4.69, 9.17) is 5.73 Å². The molecule has 92 valence electrons. The van der Waals surface area contributed by atoms with Crippen LogP contribution in [0.4, 0.5) is 11.4 Å². The smallest absolute Gasteiger partial charge is 0.106 e. The predicted octanol–water partition coefficient (Wildman–Crippen LogP) is 3.58. The monoisotopic (exact) mass is 275 g/mol. The van der Waals surface area contributed by atoms with Crippen LogP contribution in [-0.2, 0) is 6.54 Å². The molecule has 18 heavy (non-hydrogen) atoms. The summed E-state index contributed by atoms with van der Waals surface area (Å²) < 4.78 is 1.14. The summed E-state index contributed by atoms with van der Waals surface area (Å²) in [6.07, 6.45) is 0. The van der Waals surface area contributed by atoms with Crippen LogP contribution in [-0.4, -0.2) is 12.0 Å². The summed E-state index contributed by atoms with van der Waals surface area (Å²) in [5.74, 6) is 0. The van der Waals surface area contributed by atoms with Gasteiger partial charge in [0.2, 0.25) is 0 Å². The molecule has 3 nitrogen and oxygen atoms in total. The van der Waals surface area contributed by atoms with Gasteiger partial charge in [0.05, 0.1) is 28.1 Å². The van der Waals surface area contributed by atoms with Crippen molar-refractivity contribution in [1.82, 2.24) is 4.98 Å². The fraction of sp³-hybridized carbons (Fsp3) is 0.154. The Bertz CT molecular complexity index is 658. The minimum absolute atomic E-state index is 0.771. The van der Waals surface area contributed by atoms with E-state index in [2.05, 4.69) is 46.6 Å². The molecule has 0 radical (unpaired) electrons. The summed E-state index contributed by atoms with van der Waals surface area (Å²) in [4.78, 5) is 7.82. The number of nitrogens with two attached hydrogens (primary N) is 1. The highest BCUT2D eigenvalue weighted by Crippen LogP contribution is 2.32. The van der Waals surface area contributed by atoms with E-state index >= 15 is 0 Å². The lowest BCUT2D eigenvalue weighted by atomic mass is 10.2. The summed E-state index contributed by atoms with van der Waals surface area (Å²) in [7, 11) is 2.06. The highest BCUT2D eigenvalue weighted by molar-refractivity contribution is 7.16. The molecule has 0 aliphatic rings. The van der Waals surface area contributed by atoms with E-state index in [0.29, 0.717) is 0 Å². The van der Waals surface area contributed by atoms with Gasteiger partial charge >= 0.3 is 0 Å². The maximum Gasteiger partial charge on any atom is 0.106 e. The molecule has 2 N–H and O–H groups in total. The first-order chi connectivity index (χ1) is 8.75. The van der Waals surface area contributed by atoms with E-state index in [-0.39, 0.29) is 0 Å². The van der Waals surface area contributed by atoms with Gasteiger partial charge in [-0.15, -0.1) is 22.7 Å². The Labute approximate surface area is 114 Å². The topological polar surface area (TPSA) is 42.2 Å². The number of hydrogen-bond donors (Lipinski definition) is 1. The van der Waals surface area contributed by atoms with Gasteiger partial charge in [0.15, 0.2) is 0 Å². The van der Waals surface area contributed by atoms with Crippen LogP contribution >= 0.6 is 22.7 Å². The number of hydrogen-bond acceptors (Lipinski definition) is 5. The first kappa shape index (κ1) is 11.5. The molecule has 0 unspecified atom stereocenters. The molecule has 5 heteroatoms. The van der Waals surface area contributed by atoms with Crippen molar-refractivity contribution >= 4 is 44.3 Å². The number of thiophene rings is 1. The van der Waals surface area contributed by atoms with E-state index in [1.165, 1.54) is 4.88 Å². The van der Waals surface area contributed by atoms with Crippen molar-refractivity contribution in [2.45, 2.75) is 6.54 Å². The maximum atomic E-state index is 6.20. The zero-order valence-electron chi connectivity index (χ0n) is 9.96. The van der Waals surface area contributed by atoms with Crippen LogP contribution in [0.25, 0.3) is 10.2 Å². The van der Waals surface area contributed by atoms with E-state index in [1.807, 2.05) is 5.51 Å². The normalized spacial score (nSPS) is 10.9. The largest absolute Gasteiger partial charge is 0.395 e. The van der Waals surface area contributed by atoms with Crippen LogP contribution in [0, 0.1) is 0 Å². The average molecular weight is 275 g/mol. The minimum atomic E-state index is 0.771. The molecule has 3 rings (SSSR count). The number of anilines is 2. The number of nitrogen functional groups attached to an aromatic ring is 1. The molecule has 3 aromatic rings. The van der Waals surface area contributed by atoms with Crippen molar-refractivity contribution in [2.24, 2.45) is 0 Å². The second-order valence-electron chi connectivity index (χ2n) is 4.13. The van der Waals surface area contributed by atoms with Gasteiger partial charge in [0.1, 0.15) is 5.52 Å². The molecule has 0 aliphatic heterocycles. The summed E-state index contributed by atoms with van der Waals surface area (Å²) in [5, 5.41) is 2.09. The lowest BCUT2D eigenvalue weighted by molar-refractivity contribution is 0.943. The summed E-state index contributed by atoms with van der Waals surface area (Å²) >= 11 is 3.38. The Morgan fingerprint density at radius 1 is 1.28 bits per heavy atom. The number of thiazole rings is 1. The molecule has 0 bridgehead atoms. The lowest BCUT2D eigenvalue weighted by Gasteiger charge is -2.20. The van der Waals surface area contributed by atoms with Crippen LogP contribution in [0.2, 0.25) is 0 Å². The van der Waals surface area contributed by atoms with Crippen LogP contribution in [0.3, 0.4) is 0 Å². The summed E-state index contributed by atoms with van der Waals surface area (Å²) in [6, 6.07) is 8.37. The van der Waals surface area contributed by atoms with Crippen molar-refractivity contribution in [1.29, 1.82) is 0 Å². The van der Waals surface area contributed by atoms with Crippen molar-refractivity contribution in [3.8, 4) is 0 Å². The third-order valence-corrected chi connectivity index (χ3v) is 4.56. The van der Waals surface area contributed by atoms with Crippen molar-refractivity contribution in [3.63, 3.8) is 0 Å². The van der Waals surface area contributed by atoms with Crippen LogP contribution in [0.5, 0.6) is 0 Å². The minimum Gasteiger partial charge on any atom is -0.395 e. The highest BCUT2D eigenvalue weighted by atomic mass is 32.1. The maximum absolute atomic E-state index is 6.20. The molecule has 2 heterocycles. The lowest BCUT2D eigenvalue weighted by Crippen LogP contribution is -2.17. The first-order valence-corrected chi connectivity index (χ1v) is 7.37. The number of nitrogens with zero attached hydrogens (tertiary/aromatic N) is 2. The molecular formula is C13H13N3S2. The van der Waals surface area contributed by atoms with Gasteiger partial charge in [0, 0.05) is 11.9 Å². The third-order valence-electron chi connectivity index (χ3n) is 2.90. The number of benzene rings is 1. The van der Waals surface area contributed by atoms with Gasteiger partial charge in [-0.1, -0.05) is 6.07 Å². The summed E-state index contributed by atoms with van der Waals surface area (Å²) in [6.45, 7) is 0.873. The molecule has 0 spiro atoms. The van der Waals surface area contributed by atoms with Crippen LogP contribution in [0.1, 0.15) is 4.88 Å². The fourth-order valence-electron chi connectivity index (χ4n) is 2.00. The molecule has 0 amide bonds. The molecule has 1 aromatic carbocycles. The Balaban J connectivity index is 1.95. The second kappa shape index (κ2) is 4.59.